The van der Waals surface area contributed by atoms with Gasteiger partial charge in [-0.2, -0.15) is 10.1 Å². The van der Waals surface area contributed by atoms with Gasteiger partial charge in [0.05, 0.1) is 11.1 Å². The number of allylic oxidation sites excluding steroid dienone is 3. The molecule has 0 bridgehead atoms. The molecule has 0 radical (unpaired) electrons. The first-order chi connectivity index (χ1) is 13.5. The Bertz CT molecular complexity index is 990. The summed E-state index contributed by atoms with van der Waals surface area (Å²) < 4.78 is 0.438. The lowest BCUT2D eigenvalue weighted by molar-refractivity contribution is -0.122. The smallest absolute Gasteiger partial charge is 0.266 e. The van der Waals surface area contributed by atoms with E-state index < -0.39 is 0 Å². The summed E-state index contributed by atoms with van der Waals surface area (Å²) in [6.45, 7) is 3.91. The highest BCUT2D eigenvalue weighted by atomic mass is 32.2. The number of carbonyl (C=O) groups excluding carboxylic acids is 1. The maximum atomic E-state index is 12.7. The van der Waals surface area contributed by atoms with Crippen LogP contribution in [0.2, 0.25) is 0 Å². The highest BCUT2D eigenvalue weighted by Crippen LogP contribution is 2.32. The van der Waals surface area contributed by atoms with Crippen molar-refractivity contribution < 1.29 is 4.79 Å². The minimum absolute atomic E-state index is 0.195. The van der Waals surface area contributed by atoms with E-state index in [1.54, 1.807) is 6.21 Å². The van der Waals surface area contributed by atoms with Crippen LogP contribution in [0.4, 0.5) is 0 Å². The molecule has 3 nitrogen and oxygen atoms in total. The maximum absolute atomic E-state index is 12.7. The highest BCUT2D eigenvalue weighted by Gasteiger charge is 2.31. The van der Waals surface area contributed by atoms with Crippen molar-refractivity contribution in [3.05, 3.63) is 93.9 Å². The van der Waals surface area contributed by atoms with Crippen molar-refractivity contribution in [2.45, 2.75) is 13.8 Å². The van der Waals surface area contributed by atoms with Crippen molar-refractivity contribution in [2.24, 2.45) is 5.10 Å². The first-order valence-corrected chi connectivity index (χ1v) is 10.0. The van der Waals surface area contributed by atoms with E-state index in [4.69, 9.17) is 12.2 Å². The molecule has 0 atom stereocenters. The predicted molar refractivity (Wildman–Crippen MR) is 124 cm³/mol. The second-order valence-corrected chi connectivity index (χ2v) is 8.01. The number of hydrogen-bond acceptors (Lipinski definition) is 4. The molecule has 1 aliphatic rings. The molecule has 0 aliphatic carbocycles. The van der Waals surface area contributed by atoms with Gasteiger partial charge in [0, 0.05) is 0 Å². The monoisotopic (exact) mass is 404 g/mol. The number of carbonyl (C=O) groups is 1. The van der Waals surface area contributed by atoms with Gasteiger partial charge in [0.2, 0.25) is 0 Å². The van der Waals surface area contributed by atoms with Crippen molar-refractivity contribution in [1.29, 1.82) is 0 Å². The Balaban J connectivity index is 1.73. The molecule has 0 aromatic heterocycles. The molecule has 1 saturated heterocycles. The van der Waals surface area contributed by atoms with E-state index >= 15 is 0 Å². The van der Waals surface area contributed by atoms with Crippen molar-refractivity contribution in [1.82, 2.24) is 5.01 Å². The lowest BCUT2D eigenvalue weighted by Gasteiger charge is -2.06. The summed E-state index contributed by atoms with van der Waals surface area (Å²) >= 11 is 6.60. The maximum Gasteiger partial charge on any atom is 0.286 e. The molecule has 0 unspecified atom stereocenters. The van der Waals surface area contributed by atoms with Crippen molar-refractivity contribution >= 4 is 52.6 Å². The van der Waals surface area contributed by atoms with E-state index in [-0.39, 0.29) is 5.91 Å². The van der Waals surface area contributed by atoms with Gasteiger partial charge in [0.1, 0.15) is 0 Å². The summed E-state index contributed by atoms with van der Waals surface area (Å²) in [6.07, 6.45) is 7.55. The molecule has 2 aromatic carbocycles. The van der Waals surface area contributed by atoms with Gasteiger partial charge in [-0.1, -0.05) is 84.6 Å². The molecule has 5 heteroatoms. The van der Waals surface area contributed by atoms with E-state index in [0.29, 0.717) is 9.23 Å². The number of amides is 1. The van der Waals surface area contributed by atoms with Gasteiger partial charge in [-0.3, -0.25) is 4.79 Å². The number of hydrogen-bond donors (Lipinski definition) is 0. The summed E-state index contributed by atoms with van der Waals surface area (Å²) in [5.74, 6) is -0.195. The third-order valence-electron chi connectivity index (χ3n) is 3.90. The van der Waals surface area contributed by atoms with Crippen LogP contribution in [-0.2, 0) is 4.79 Å². The molecule has 0 spiro atoms. The van der Waals surface area contributed by atoms with Gasteiger partial charge in [-0.05, 0) is 54.4 Å². The Kier molecular flexibility index (Phi) is 6.74. The molecule has 3 rings (SSSR count). The minimum Gasteiger partial charge on any atom is -0.266 e. The zero-order valence-electron chi connectivity index (χ0n) is 15.7. The van der Waals surface area contributed by atoms with Gasteiger partial charge in [0.15, 0.2) is 4.32 Å². The Labute approximate surface area is 175 Å². The minimum atomic E-state index is -0.195. The molecule has 2 aromatic rings. The number of thioether (sulfide) groups is 1. The largest absolute Gasteiger partial charge is 0.286 e. The Hall–Kier alpha value is -2.76. The van der Waals surface area contributed by atoms with Crippen LogP contribution in [0.25, 0.3) is 12.2 Å². The van der Waals surface area contributed by atoms with E-state index in [9.17, 15) is 4.79 Å². The lowest BCUT2D eigenvalue weighted by Crippen LogP contribution is -2.22. The van der Waals surface area contributed by atoms with Crippen LogP contribution in [0.5, 0.6) is 0 Å². The highest BCUT2D eigenvalue weighted by molar-refractivity contribution is 8.26. The molecule has 140 valence electrons. The fraction of sp³-hybridized carbons (Fsp3) is 0.0870. The summed E-state index contributed by atoms with van der Waals surface area (Å²) in [4.78, 5) is 13.2. The normalized spacial score (nSPS) is 17.2. The van der Waals surface area contributed by atoms with Crippen LogP contribution in [-0.4, -0.2) is 21.5 Å². The average Bonchev–Trinajstić information content (AvgIpc) is 2.94. The predicted octanol–water partition coefficient (Wildman–Crippen LogP) is 5.92. The second kappa shape index (κ2) is 9.44. The quantitative estimate of drug-likeness (QED) is 0.352. The first-order valence-electron chi connectivity index (χ1n) is 8.81. The van der Waals surface area contributed by atoms with Crippen molar-refractivity contribution in [3.8, 4) is 0 Å². The van der Waals surface area contributed by atoms with Crippen LogP contribution in [0, 0.1) is 0 Å². The van der Waals surface area contributed by atoms with E-state index in [2.05, 4.69) is 5.10 Å². The van der Waals surface area contributed by atoms with Gasteiger partial charge in [-0.25, -0.2) is 0 Å². The van der Waals surface area contributed by atoms with E-state index in [1.807, 2.05) is 92.7 Å². The number of rotatable bonds is 5. The third-order valence-corrected chi connectivity index (χ3v) is 5.18. The lowest BCUT2D eigenvalue weighted by atomic mass is 10.1. The first kappa shape index (κ1) is 20.0. The molecule has 1 amide bonds. The van der Waals surface area contributed by atoms with Crippen molar-refractivity contribution in [2.75, 3.05) is 0 Å². The molecule has 1 aliphatic heterocycles. The van der Waals surface area contributed by atoms with Gasteiger partial charge in [-0.15, -0.1) is 0 Å². The fourth-order valence-electron chi connectivity index (χ4n) is 2.62. The number of thiocarbonyl (C=S) groups is 1. The molecule has 0 N–H and O–H groups in total. The van der Waals surface area contributed by atoms with E-state index in [1.165, 1.54) is 16.8 Å². The molecule has 1 heterocycles. The summed E-state index contributed by atoms with van der Waals surface area (Å²) in [7, 11) is 0. The second-order valence-electron chi connectivity index (χ2n) is 6.34. The van der Waals surface area contributed by atoms with Crippen LogP contribution in [0.3, 0.4) is 0 Å². The molecular formula is C23H20N2OS2. The standard InChI is InChI=1S/C23H20N2OS2/c1-17(13-19-9-5-3-6-10-19)15-21-22(26)25(23(27)28-21)24-16-18(2)14-20-11-7-4-8-12-20/h3-16H,1-2H3/b17-13+,18-14+,21-15-,24-16+. The van der Waals surface area contributed by atoms with Gasteiger partial charge in [0.25, 0.3) is 5.91 Å². The molecule has 1 fully saturated rings. The Morgan fingerprint density at radius 3 is 2.04 bits per heavy atom. The average molecular weight is 405 g/mol. The van der Waals surface area contributed by atoms with E-state index in [0.717, 1.165) is 22.3 Å². The topological polar surface area (TPSA) is 32.7 Å². The molecule has 0 saturated carbocycles. The van der Waals surface area contributed by atoms with Crippen LogP contribution in [0.15, 0.2) is 87.9 Å². The Morgan fingerprint density at radius 1 is 0.929 bits per heavy atom. The van der Waals surface area contributed by atoms with Gasteiger partial charge >= 0.3 is 0 Å². The third kappa shape index (κ3) is 5.38. The zero-order valence-corrected chi connectivity index (χ0v) is 17.3. The fourth-order valence-corrected chi connectivity index (χ4v) is 3.84. The van der Waals surface area contributed by atoms with Gasteiger partial charge < -0.3 is 0 Å². The van der Waals surface area contributed by atoms with Crippen LogP contribution in [0.1, 0.15) is 25.0 Å². The molecular weight excluding hydrogens is 384 g/mol. The number of nitrogens with zero attached hydrogens (tertiary/aromatic N) is 2. The SMILES string of the molecule is CC(/C=C1\SC(=S)N(/N=C/C(C)=C/c2ccccc2)C1=O)=C\c1ccccc1. The summed E-state index contributed by atoms with van der Waals surface area (Å²) in [5.41, 5.74) is 4.09. The Morgan fingerprint density at radius 2 is 1.46 bits per heavy atom. The molecule has 28 heavy (non-hydrogen) atoms. The number of benzene rings is 2. The summed E-state index contributed by atoms with van der Waals surface area (Å²) in [5, 5.41) is 5.57. The van der Waals surface area contributed by atoms with Crippen molar-refractivity contribution in [3.63, 3.8) is 0 Å². The van der Waals surface area contributed by atoms with Crippen LogP contribution < -0.4 is 0 Å². The zero-order chi connectivity index (χ0) is 19.9. The van der Waals surface area contributed by atoms with Crippen LogP contribution >= 0.6 is 24.0 Å². The summed E-state index contributed by atoms with van der Waals surface area (Å²) in [6, 6.07) is 20.0. The number of hydrazone groups is 1.